The Hall–Kier alpha value is -1.99. The zero-order valence-corrected chi connectivity index (χ0v) is 17.9. The van der Waals surface area contributed by atoms with E-state index in [-0.39, 0.29) is 47.2 Å². The third kappa shape index (κ3) is 4.52. The summed E-state index contributed by atoms with van der Waals surface area (Å²) < 4.78 is 1.73. The Morgan fingerprint density at radius 3 is 2.64 bits per heavy atom. The number of imide groups is 1. The molecule has 1 saturated heterocycles. The van der Waals surface area contributed by atoms with Gasteiger partial charge >= 0.3 is 0 Å². The summed E-state index contributed by atoms with van der Waals surface area (Å²) in [6, 6.07) is 0. The first kappa shape index (κ1) is 20.7. The van der Waals surface area contributed by atoms with Gasteiger partial charge in [-0.15, -0.1) is 15.3 Å². The lowest BCUT2D eigenvalue weighted by Crippen LogP contribution is -2.38. The van der Waals surface area contributed by atoms with Gasteiger partial charge in [0.2, 0.25) is 16.8 Å². The van der Waals surface area contributed by atoms with Gasteiger partial charge in [-0.05, 0) is 0 Å². The van der Waals surface area contributed by atoms with E-state index in [1.807, 2.05) is 20.8 Å². The molecule has 1 aliphatic heterocycles. The molecule has 0 atom stereocenters. The van der Waals surface area contributed by atoms with Crippen LogP contribution in [-0.2, 0) is 15.0 Å². The van der Waals surface area contributed by atoms with E-state index in [1.54, 1.807) is 0 Å². The molecule has 28 heavy (non-hydrogen) atoms. The molecular formula is C15H18N6O4S3. The van der Waals surface area contributed by atoms with Crippen molar-refractivity contribution in [1.29, 1.82) is 0 Å². The van der Waals surface area contributed by atoms with Crippen LogP contribution in [0.15, 0.2) is 9.13 Å². The number of carbonyl (C=O) groups is 3. The molecule has 3 amide bonds. The number of hydrogen-bond donors (Lipinski definition) is 1. The molecule has 10 nitrogen and oxygen atoms in total. The molecule has 2 aromatic rings. The molecular weight excluding hydrogens is 424 g/mol. The molecule has 1 aliphatic rings. The SMILES string of the molecule is CC(C)(C)c1nnc2sc(SCC(=O)NCCN3C(=O)CSC3=O)nn2c1=O. The predicted molar refractivity (Wildman–Crippen MR) is 107 cm³/mol. The molecule has 0 radical (unpaired) electrons. The summed E-state index contributed by atoms with van der Waals surface area (Å²) in [6.45, 7) is 5.97. The van der Waals surface area contributed by atoms with Crippen LogP contribution in [0.1, 0.15) is 26.5 Å². The van der Waals surface area contributed by atoms with Crippen molar-refractivity contribution in [3.63, 3.8) is 0 Å². The number of thioether (sulfide) groups is 2. The van der Waals surface area contributed by atoms with Crippen molar-refractivity contribution >= 4 is 56.9 Å². The van der Waals surface area contributed by atoms with E-state index in [1.165, 1.54) is 27.6 Å². The lowest BCUT2D eigenvalue weighted by molar-refractivity contribution is -0.125. The molecule has 0 aliphatic carbocycles. The first-order valence-corrected chi connectivity index (χ1v) is 11.1. The summed E-state index contributed by atoms with van der Waals surface area (Å²) in [4.78, 5) is 48.9. The molecule has 0 unspecified atom stereocenters. The molecule has 150 valence electrons. The second-order valence-electron chi connectivity index (χ2n) is 6.90. The van der Waals surface area contributed by atoms with Crippen molar-refractivity contribution in [3.05, 3.63) is 16.0 Å². The summed E-state index contributed by atoms with van der Waals surface area (Å²) >= 11 is 3.32. The average Bonchev–Trinajstić information content (AvgIpc) is 3.17. The first-order chi connectivity index (χ1) is 13.2. The second kappa shape index (κ2) is 8.17. The normalized spacial score (nSPS) is 14.9. The van der Waals surface area contributed by atoms with Crippen molar-refractivity contribution < 1.29 is 14.4 Å². The Morgan fingerprint density at radius 2 is 2.00 bits per heavy atom. The van der Waals surface area contributed by atoms with Crippen LogP contribution in [0.4, 0.5) is 4.79 Å². The summed E-state index contributed by atoms with van der Waals surface area (Å²) in [7, 11) is 0. The zero-order valence-electron chi connectivity index (χ0n) is 15.4. The van der Waals surface area contributed by atoms with Crippen LogP contribution in [0.25, 0.3) is 4.96 Å². The molecule has 13 heteroatoms. The molecule has 0 bridgehead atoms. The van der Waals surface area contributed by atoms with Crippen LogP contribution in [0.5, 0.6) is 0 Å². The third-order valence-electron chi connectivity index (χ3n) is 3.71. The number of aromatic nitrogens is 4. The fourth-order valence-corrected chi connectivity index (χ4v) is 4.76. The van der Waals surface area contributed by atoms with E-state index in [9.17, 15) is 19.2 Å². The fourth-order valence-electron chi connectivity index (χ4n) is 2.31. The van der Waals surface area contributed by atoms with Crippen LogP contribution in [0.2, 0.25) is 0 Å². The maximum atomic E-state index is 12.5. The minimum Gasteiger partial charge on any atom is -0.354 e. The van der Waals surface area contributed by atoms with E-state index in [4.69, 9.17) is 0 Å². The molecule has 1 N–H and O–H groups in total. The van der Waals surface area contributed by atoms with Crippen molar-refractivity contribution in [2.45, 2.75) is 30.5 Å². The summed E-state index contributed by atoms with van der Waals surface area (Å²) in [5, 5.41) is 14.7. The highest BCUT2D eigenvalue weighted by Gasteiger charge is 2.29. The molecule has 0 aromatic carbocycles. The number of amides is 3. The number of fused-ring (bicyclic) bond motifs is 1. The lowest BCUT2D eigenvalue weighted by Gasteiger charge is -2.14. The van der Waals surface area contributed by atoms with Gasteiger partial charge < -0.3 is 5.32 Å². The molecule has 3 heterocycles. The van der Waals surface area contributed by atoms with Crippen LogP contribution < -0.4 is 10.9 Å². The maximum Gasteiger partial charge on any atom is 0.297 e. The minimum absolute atomic E-state index is 0.0881. The molecule has 3 rings (SSSR count). The van der Waals surface area contributed by atoms with Crippen molar-refractivity contribution in [1.82, 2.24) is 30.0 Å². The standard InChI is InChI=1S/C15H18N6O4S3/c1-15(2,3)10-11(24)21-12(18-17-10)28-13(19-21)26-6-8(22)16-4-5-20-9(23)7-27-14(20)25/h4-7H2,1-3H3,(H,16,22). The molecule has 1 fully saturated rings. The highest BCUT2D eigenvalue weighted by molar-refractivity contribution is 8.14. The highest BCUT2D eigenvalue weighted by atomic mass is 32.2. The molecule has 2 aromatic heterocycles. The van der Waals surface area contributed by atoms with Gasteiger partial charge in [0, 0.05) is 18.5 Å². The van der Waals surface area contributed by atoms with Gasteiger partial charge in [-0.25, -0.2) is 0 Å². The van der Waals surface area contributed by atoms with E-state index in [2.05, 4.69) is 20.6 Å². The topological polar surface area (TPSA) is 127 Å². The zero-order chi connectivity index (χ0) is 20.5. The summed E-state index contributed by atoms with van der Waals surface area (Å²) in [5.74, 6) is -0.261. The number of rotatable bonds is 6. The van der Waals surface area contributed by atoms with E-state index in [0.717, 1.165) is 16.7 Å². The van der Waals surface area contributed by atoms with Gasteiger partial charge in [-0.1, -0.05) is 55.6 Å². The quantitative estimate of drug-likeness (QED) is 0.645. The van der Waals surface area contributed by atoms with Crippen LogP contribution in [0.3, 0.4) is 0 Å². The predicted octanol–water partition coefficient (Wildman–Crippen LogP) is 0.747. The summed E-state index contributed by atoms with van der Waals surface area (Å²) in [5.41, 5.74) is -0.435. The van der Waals surface area contributed by atoms with Gasteiger partial charge in [0.25, 0.3) is 10.8 Å². The second-order valence-corrected chi connectivity index (χ2v) is 10.0. The first-order valence-electron chi connectivity index (χ1n) is 8.30. The van der Waals surface area contributed by atoms with E-state index < -0.39 is 5.41 Å². The van der Waals surface area contributed by atoms with Crippen molar-refractivity contribution in [2.24, 2.45) is 0 Å². The monoisotopic (exact) mass is 442 g/mol. The van der Waals surface area contributed by atoms with Crippen molar-refractivity contribution in [3.8, 4) is 0 Å². The smallest absolute Gasteiger partial charge is 0.297 e. The number of nitrogens with one attached hydrogen (secondary N) is 1. The van der Waals surface area contributed by atoms with Gasteiger partial charge in [-0.3, -0.25) is 24.1 Å². The average molecular weight is 443 g/mol. The maximum absolute atomic E-state index is 12.5. The largest absolute Gasteiger partial charge is 0.354 e. The highest BCUT2D eigenvalue weighted by Crippen LogP contribution is 2.24. The summed E-state index contributed by atoms with van der Waals surface area (Å²) in [6.07, 6.45) is 0. The Labute approximate surface area is 172 Å². The van der Waals surface area contributed by atoms with Gasteiger partial charge in [-0.2, -0.15) is 4.52 Å². The Kier molecular flexibility index (Phi) is 6.05. The van der Waals surface area contributed by atoms with Crippen LogP contribution in [-0.4, -0.2) is 66.4 Å². The molecule has 0 spiro atoms. The number of nitrogens with zero attached hydrogens (tertiary/aromatic N) is 5. The van der Waals surface area contributed by atoms with Gasteiger partial charge in [0.15, 0.2) is 4.34 Å². The Balaban J connectivity index is 1.55. The fraction of sp³-hybridized carbons (Fsp3) is 0.533. The number of carbonyl (C=O) groups excluding carboxylic acids is 3. The van der Waals surface area contributed by atoms with E-state index >= 15 is 0 Å². The van der Waals surface area contributed by atoms with Crippen molar-refractivity contribution in [2.75, 3.05) is 24.6 Å². The minimum atomic E-state index is -0.446. The van der Waals surface area contributed by atoms with Gasteiger partial charge in [0.05, 0.1) is 11.5 Å². The van der Waals surface area contributed by atoms with Crippen LogP contribution in [0, 0.1) is 0 Å². The molecule has 0 saturated carbocycles. The van der Waals surface area contributed by atoms with Gasteiger partial charge in [0.1, 0.15) is 5.69 Å². The Bertz CT molecular complexity index is 980. The lowest BCUT2D eigenvalue weighted by atomic mass is 9.93. The van der Waals surface area contributed by atoms with Crippen LogP contribution >= 0.6 is 34.9 Å². The Morgan fingerprint density at radius 1 is 1.25 bits per heavy atom. The van der Waals surface area contributed by atoms with E-state index in [0.29, 0.717) is 15.0 Å². The third-order valence-corrected chi connectivity index (χ3v) is 6.60. The number of hydrogen-bond acceptors (Lipinski definition) is 10.